The highest BCUT2D eigenvalue weighted by atomic mass is 19.1. The molecule has 1 saturated carbocycles. The first-order valence-electron chi connectivity index (χ1n) is 11.7. The number of halogens is 1. The molecule has 1 fully saturated rings. The molecule has 2 aliphatic rings. The van der Waals surface area contributed by atoms with Crippen LogP contribution in [0.15, 0.2) is 83.5 Å². The van der Waals surface area contributed by atoms with Crippen molar-refractivity contribution < 1.29 is 18.7 Å². The van der Waals surface area contributed by atoms with E-state index in [1.165, 1.54) is 24.3 Å². The molecule has 0 aromatic heterocycles. The minimum atomic E-state index is -0.376. The number of hydrazone groups is 1. The number of hydrogen-bond donors (Lipinski definition) is 0. The first kappa shape index (κ1) is 22.8. The molecule has 35 heavy (non-hydrogen) atoms. The van der Waals surface area contributed by atoms with Gasteiger partial charge in [0.05, 0.1) is 26.0 Å². The van der Waals surface area contributed by atoms with Crippen molar-refractivity contribution in [3.63, 3.8) is 0 Å². The van der Waals surface area contributed by atoms with Crippen LogP contribution in [0.4, 0.5) is 4.39 Å². The zero-order valence-corrected chi connectivity index (χ0v) is 19.8. The smallest absolute Gasteiger partial charge is 0.274 e. The van der Waals surface area contributed by atoms with Gasteiger partial charge in [0, 0.05) is 11.5 Å². The number of benzene rings is 3. The van der Waals surface area contributed by atoms with Crippen molar-refractivity contribution in [1.29, 1.82) is 0 Å². The lowest BCUT2D eigenvalue weighted by molar-refractivity contribution is 0.0681. The van der Waals surface area contributed by atoms with Crippen LogP contribution >= 0.6 is 0 Å². The number of amides is 1. The van der Waals surface area contributed by atoms with Crippen LogP contribution in [0, 0.1) is 11.7 Å². The average Bonchev–Trinajstić information content (AvgIpc) is 3.30. The van der Waals surface area contributed by atoms with E-state index in [-0.39, 0.29) is 23.7 Å². The summed E-state index contributed by atoms with van der Waals surface area (Å²) in [6, 6.07) is 21.1. The fourth-order valence-corrected chi connectivity index (χ4v) is 4.93. The third kappa shape index (κ3) is 4.56. The molecular weight excluding hydrogens is 443 g/mol. The van der Waals surface area contributed by atoms with E-state index in [0.29, 0.717) is 5.56 Å². The molecule has 6 heteroatoms. The van der Waals surface area contributed by atoms with Gasteiger partial charge in [0.1, 0.15) is 17.3 Å². The van der Waals surface area contributed by atoms with Gasteiger partial charge < -0.3 is 9.47 Å². The molecule has 0 bridgehead atoms. The summed E-state index contributed by atoms with van der Waals surface area (Å²) in [5, 5.41) is 6.49. The van der Waals surface area contributed by atoms with Crippen molar-refractivity contribution in [2.75, 3.05) is 14.2 Å². The van der Waals surface area contributed by atoms with E-state index in [2.05, 4.69) is 6.08 Å². The fraction of sp³-hybridized carbons (Fsp3) is 0.241. The highest BCUT2D eigenvalue weighted by molar-refractivity contribution is 6.09. The predicted molar refractivity (Wildman–Crippen MR) is 134 cm³/mol. The Kier molecular flexibility index (Phi) is 6.36. The van der Waals surface area contributed by atoms with Crippen molar-refractivity contribution in [3.8, 4) is 11.5 Å². The molecule has 0 spiro atoms. The minimum absolute atomic E-state index is 0.0750. The molecular formula is C29H27FN2O3. The first-order chi connectivity index (χ1) is 17.1. The highest BCUT2D eigenvalue weighted by Crippen LogP contribution is 2.45. The van der Waals surface area contributed by atoms with Crippen molar-refractivity contribution in [2.24, 2.45) is 11.0 Å². The van der Waals surface area contributed by atoms with Gasteiger partial charge in [-0.05, 0) is 90.6 Å². The Balaban J connectivity index is 1.55. The van der Waals surface area contributed by atoms with E-state index in [0.717, 1.165) is 53.2 Å². The van der Waals surface area contributed by atoms with Crippen molar-refractivity contribution in [2.45, 2.75) is 25.3 Å². The number of ether oxygens (including phenoxy) is 2. The van der Waals surface area contributed by atoms with Crippen molar-refractivity contribution >= 4 is 17.7 Å². The van der Waals surface area contributed by atoms with E-state index in [4.69, 9.17) is 14.6 Å². The van der Waals surface area contributed by atoms with Crippen LogP contribution in [0.1, 0.15) is 46.8 Å². The van der Waals surface area contributed by atoms with E-state index < -0.39 is 0 Å². The first-order valence-corrected chi connectivity index (χ1v) is 11.7. The Morgan fingerprint density at radius 2 is 1.57 bits per heavy atom. The highest BCUT2D eigenvalue weighted by Gasteiger charge is 2.43. The molecule has 3 aromatic carbocycles. The number of carbonyl (C=O) groups is 1. The van der Waals surface area contributed by atoms with Crippen molar-refractivity contribution in [3.05, 3.63) is 101 Å². The molecule has 0 N–H and O–H groups in total. The van der Waals surface area contributed by atoms with Gasteiger partial charge in [-0.3, -0.25) is 4.79 Å². The van der Waals surface area contributed by atoms with E-state index in [9.17, 15) is 9.18 Å². The molecule has 5 rings (SSSR count). The number of allylic oxidation sites excluding steroid dienone is 1. The Labute approximate surface area is 204 Å². The standard InChI is InChI=1S/C29H27FN2O3/c1-34-24-14-6-19(7-15-24)18-22-4-3-5-26-27(22)31-32(29(33)21-8-12-23(30)13-9-21)28(26)20-10-16-25(35-2)17-11-20/h6-18,26,28H,3-5H2,1-2H3/b22-18+/t26-,28+/m1/s1. The molecule has 1 aliphatic carbocycles. The Bertz CT molecular complexity index is 1260. The number of nitrogens with zero attached hydrogens (tertiary/aromatic N) is 2. The van der Waals surface area contributed by atoms with E-state index in [1.54, 1.807) is 19.2 Å². The molecule has 178 valence electrons. The molecule has 3 aromatic rings. The maximum Gasteiger partial charge on any atom is 0.274 e. The SMILES string of the molecule is COc1ccc(/C=C2\CCC[C@@H]3C2=NN(C(=O)c2ccc(F)cc2)[C@H]3c2ccc(OC)cc2)cc1. The average molecular weight is 471 g/mol. The van der Waals surface area contributed by atoms with Gasteiger partial charge in [-0.15, -0.1) is 0 Å². The lowest BCUT2D eigenvalue weighted by atomic mass is 9.77. The maximum atomic E-state index is 13.6. The normalized spacial score (nSPS) is 20.4. The zero-order valence-electron chi connectivity index (χ0n) is 19.8. The van der Waals surface area contributed by atoms with Gasteiger partial charge >= 0.3 is 0 Å². The molecule has 5 nitrogen and oxygen atoms in total. The largest absolute Gasteiger partial charge is 0.497 e. The summed E-state index contributed by atoms with van der Waals surface area (Å²) in [5.74, 6) is 1.03. The molecule has 1 aliphatic heterocycles. The third-order valence-electron chi connectivity index (χ3n) is 6.71. The Hall–Kier alpha value is -3.93. The monoisotopic (exact) mass is 470 g/mol. The Morgan fingerprint density at radius 1 is 0.943 bits per heavy atom. The second kappa shape index (κ2) is 9.74. The summed E-state index contributed by atoms with van der Waals surface area (Å²) in [7, 11) is 3.28. The van der Waals surface area contributed by atoms with Crippen LogP contribution < -0.4 is 9.47 Å². The van der Waals surface area contributed by atoms with Gasteiger partial charge in [0.25, 0.3) is 5.91 Å². The summed E-state index contributed by atoms with van der Waals surface area (Å²) >= 11 is 0. The van der Waals surface area contributed by atoms with Gasteiger partial charge in [0.15, 0.2) is 0 Å². The zero-order chi connectivity index (χ0) is 24.4. The second-order valence-electron chi connectivity index (χ2n) is 8.80. The van der Waals surface area contributed by atoms with Gasteiger partial charge in [-0.25, -0.2) is 9.40 Å². The van der Waals surface area contributed by atoms with E-state index >= 15 is 0 Å². The molecule has 1 amide bonds. The second-order valence-corrected chi connectivity index (χ2v) is 8.80. The van der Waals surface area contributed by atoms with Crippen LogP contribution in [-0.4, -0.2) is 30.8 Å². The van der Waals surface area contributed by atoms with Crippen molar-refractivity contribution in [1.82, 2.24) is 5.01 Å². The molecule has 0 unspecified atom stereocenters. The van der Waals surface area contributed by atoms with Gasteiger partial charge in [0.2, 0.25) is 0 Å². The van der Waals surface area contributed by atoms with E-state index in [1.807, 2.05) is 48.5 Å². The van der Waals surface area contributed by atoms with Gasteiger partial charge in [-0.1, -0.05) is 24.3 Å². The lowest BCUT2D eigenvalue weighted by Crippen LogP contribution is -2.31. The quantitative estimate of drug-likeness (QED) is 0.441. The number of carbonyl (C=O) groups excluding carboxylic acids is 1. The van der Waals surface area contributed by atoms with Crippen LogP contribution in [0.3, 0.4) is 0 Å². The van der Waals surface area contributed by atoms with Gasteiger partial charge in [-0.2, -0.15) is 5.10 Å². The van der Waals surface area contributed by atoms with Crippen LogP contribution in [-0.2, 0) is 0 Å². The lowest BCUT2D eigenvalue weighted by Gasteiger charge is -2.29. The maximum absolute atomic E-state index is 13.6. The predicted octanol–water partition coefficient (Wildman–Crippen LogP) is 6.28. The topological polar surface area (TPSA) is 51.1 Å². The van der Waals surface area contributed by atoms with Crippen LogP contribution in [0.2, 0.25) is 0 Å². The minimum Gasteiger partial charge on any atom is -0.497 e. The van der Waals surface area contributed by atoms with Crippen LogP contribution in [0.5, 0.6) is 11.5 Å². The van der Waals surface area contributed by atoms with Crippen LogP contribution in [0.25, 0.3) is 6.08 Å². The summed E-state index contributed by atoms with van der Waals surface area (Å²) in [4.78, 5) is 13.6. The summed E-state index contributed by atoms with van der Waals surface area (Å²) < 4.78 is 24.1. The number of methoxy groups -OCH3 is 2. The molecule has 0 radical (unpaired) electrons. The number of fused-ring (bicyclic) bond motifs is 1. The summed E-state index contributed by atoms with van der Waals surface area (Å²) in [6.07, 6.45) is 5.00. The molecule has 1 heterocycles. The molecule has 0 saturated heterocycles. The number of hydrogen-bond acceptors (Lipinski definition) is 4. The third-order valence-corrected chi connectivity index (χ3v) is 6.71. The number of rotatable bonds is 5. The fourth-order valence-electron chi connectivity index (χ4n) is 4.93. The molecule has 2 atom stereocenters. The summed E-state index contributed by atoms with van der Waals surface area (Å²) in [6.45, 7) is 0. The Morgan fingerprint density at radius 3 is 2.20 bits per heavy atom. The summed E-state index contributed by atoms with van der Waals surface area (Å²) in [5.41, 5.74) is 4.56.